The van der Waals surface area contributed by atoms with Gasteiger partial charge in [0, 0.05) is 17.4 Å². The van der Waals surface area contributed by atoms with Gasteiger partial charge in [-0.1, -0.05) is 0 Å². The normalized spacial score (nSPS) is 12.0. The Bertz CT molecular complexity index is 959. The third-order valence-electron chi connectivity index (χ3n) is 3.90. The first-order chi connectivity index (χ1) is 12.2. The molecule has 2 aromatic heterocycles. The fourth-order valence-corrected chi connectivity index (χ4v) is 2.65. The summed E-state index contributed by atoms with van der Waals surface area (Å²) in [7, 11) is 0. The van der Waals surface area contributed by atoms with E-state index in [2.05, 4.69) is 15.4 Å². The van der Waals surface area contributed by atoms with Crippen molar-refractivity contribution in [2.45, 2.75) is 33.0 Å². The van der Waals surface area contributed by atoms with E-state index in [1.54, 1.807) is 23.9 Å². The van der Waals surface area contributed by atoms with E-state index in [9.17, 15) is 18.0 Å². The molecule has 5 nitrogen and oxygen atoms in total. The average Bonchev–Trinajstić information content (AvgIpc) is 2.97. The van der Waals surface area contributed by atoms with Gasteiger partial charge >= 0.3 is 6.18 Å². The zero-order chi connectivity index (χ0) is 19.1. The lowest BCUT2D eigenvalue weighted by atomic mass is 10.1. The molecule has 0 spiro atoms. The number of pyridine rings is 1. The van der Waals surface area contributed by atoms with Crippen LogP contribution < -0.4 is 5.32 Å². The molecule has 0 radical (unpaired) electrons. The molecule has 1 amide bonds. The number of aryl methyl sites for hydroxylation is 1. The standard InChI is InChI=1S/C18H17F3N4O/c1-10(2)25-16-15(9-22-25)14(8-11(3)23-16)17(26)24-13-6-4-12(5-7-13)18(19,20)21/h4-10H,1-3H3,(H,24,26). The van der Waals surface area contributed by atoms with Gasteiger partial charge in [-0.3, -0.25) is 4.79 Å². The number of rotatable bonds is 3. The summed E-state index contributed by atoms with van der Waals surface area (Å²) in [5.74, 6) is -0.427. The van der Waals surface area contributed by atoms with Crippen molar-refractivity contribution in [3.8, 4) is 0 Å². The number of fused-ring (bicyclic) bond motifs is 1. The SMILES string of the molecule is Cc1cc(C(=O)Nc2ccc(C(F)(F)F)cc2)c2cnn(C(C)C)c2n1. The molecule has 0 unspecified atom stereocenters. The van der Waals surface area contributed by atoms with E-state index in [4.69, 9.17) is 0 Å². The predicted molar refractivity (Wildman–Crippen MR) is 92.0 cm³/mol. The molecule has 0 saturated heterocycles. The molecule has 0 atom stereocenters. The van der Waals surface area contributed by atoms with Crippen LogP contribution in [0.4, 0.5) is 18.9 Å². The molecule has 3 aromatic rings. The summed E-state index contributed by atoms with van der Waals surface area (Å²) >= 11 is 0. The van der Waals surface area contributed by atoms with E-state index in [-0.39, 0.29) is 11.7 Å². The lowest BCUT2D eigenvalue weighted by molar-refractivity contribution is -0.137. The third kappa shape index (κ3) is 3.40. The van der Waals surface area contributed by atoms with Gasteiger partial charge < -0.3 is 5.32 Å². The topological polar surface area (TPSA) is 59.8 Å². The van der Waals surface area contributed by atoms with Crippen molar-refractivity contribution in [3.63, 3.8) is 0 Å². The van der Waals surface area contributed by atoms with Gasteiger partial charge in [-0.05, 0) is 51.1 Å². The highest BCUT2D eigenvalue weighted by Gasteiger charge is 2.30. The van der Waals surface area contributed by atoms with E-state index < -0.39 is 17.6 Å². The number of carbonyl (C=O) groups excluding carboxylic acids is 1. The minimum Gasteiger partial charge on any atom is -0.322 e. The second-order valence-electron chi connectivity index (χ2n) is 6.26. The molecule has 3 rings (SSSR count). The Morgan fingerprint density at radius 1 is 1.19 bits per heavy atom. The van der Waals surface area contributed by atoms with Crippen LogP contribution in [-0.2, 0) is 6.18 Å². The van der Waals surface area contributed by atoms with Crippen LogP contribution >= 0.6 is 0 Å². The molecule has 0 bridgehead atoms. The number of aromatic nitrogens is 3. The van der Waals surface area contributed by atoms with Crippen LogP contribution in [0.25, 0.3) is 11.0 Å². The fourth-order valence-electron chi connectivity index (χ4n) is 2.65. The summed E-state index contributed by atoms with van der Waals surface area (Å²) < 4.78 is 39.6. The van der Waals surface area contributed by atoms with Gasteiger partial charge in [0.05, 0.1) is 22.7 Å². The number of nitrogens with one attached hydrogen (secondary N) is 1. The van der Waals surface area contributed by atoms with Crippen LogP contribution in [0.5, 0.6) is 0 Å². The maximum absolute atomic E-state index is 12.6. The number of nitrogens with zero attached hydrogens (tertiary/aromatic N) is 3. The van der Waals surface area contributed by atoms with Crippen LogP contribution in [0, 0.1) is 6.92 Å². The number of hydrogen-bond acceptors (Lipinski definition) is 3. The van der Waals surface area contributed by atoms with Gasteiger partial charge in [-0.2, -0.15) is 18.3 Å². The van der Waals surface area contributed by atoms with Crippen LogP contribution in [0.15, 0.2) is 36.5 Å². The largest absolute Gasteiger partial charge is 0.416 e. The smallest absolute Gasteiger partial charge is 0.322 e. The van der Waals surface area contributed by atoms with Gasteiger partial charge in [0.25, 0.3) is 5.91 Å². The Morgan fingerprint density at radius 2 is 1.85 bits per heavy atom. The first kappa shape index (κ1) is 17.9. The molecule has 1 aromatic carbocycles. The summed E-state index contributed by atoms with van der Waals surface area (Å²) in [6, 6.07) is 6.02. The third-order valence-corrected chi connectivity index (χ3v) is 3.90. The highest BCUT2D eigenvalue weighted by Crippen LogP contribution is 2.30. The van der Waals surface area contributed by atoms with E-state index >= 15 is 0 Å². The molecule has 0 fully saturated rings. The monoisotopic (exact) mass is 362 g/mol. The van der Waals surface area contributed by atoms with Crippen molar-refractivity contribution in [1.82, 2.24) is 14.8 Å². The van der Waals surface area contributed by atoms with E-state index in [0.717, 1.165) is 12.1 Å². The first-order valence-electron chi connectivity index (χ1n) is 8.00. The van der Waals surface area contributed by atoms with Crippen LogP contribution in [0.1, 0.15) is 41.5 Å². The molecule has 1 N–H and O–H groups in total. The summed E-state index contributed by atoms with van der Waals surface area (Å²) in [5.41, 5.74) is 1.13. The number of amides is 1. The second-order valence-corrected chi connectivity index (χ2v) is 6.26. The van der Waals surface area contributed by atoms with Crippen molar-refractivity contribution in [1.29, 1.82) is 0 Å². The average molecular weight is 362 g/mol. The van der Waals surface area contributed by atoms with Gasteiger partial charge in [0.2, 0.25) is 0 Å². The van der Waals surface area contributed by atoms with Crippen LogP contribution in [0.3, 0.4) is 0 Å². The lowest BCUT2D eigenvalue weighted by Gasteiger charge is -2.10. The Morgan fingerprint density at radius 3 is 2.42 bits per heavy atom. The van der Waals surface area contributed by atoms with Gasteiger partial charge in [0.15, 0.2) is 5.65 Å². The quantitative estimate of drug-likeness (QED) is 0.741. The maximum Gasteiger partial charge on any atom is 0.416 e. The van der Waals surface area contributed by atoms with E-state index in [1.807, 2.05) is 13.8 Å². The molecule has 0 aliphatic rings. The second kappa shape index (κ2) is 6.44. The van der Waals surface area contributed by atoms with Gasteiger partial charge in [-0.15, -0.1) is 0 Å². The number of benzene rings is 1. The number of anilines is 1. The molecule has 0 saturated carbocycles. The van der Waals surface area contributed by atoms with Gasteiger partial charge in [-0.25, -0.2) is 9.67 Å². The van der Waals surface area contributed by atoms with Crippen molar-refractivity contribution in [3.05, 3.63) is 53.3 Å². The van der Waals surface area contributed by atoms with Gasteiger partial charge in [0.1, 0.15) is 0 Å². The molecule has 0 aliphatic carbocycles. The fraction of sp³-hybridized carbons (Fsp3) is 0.278. The number of halogens is 3. The number of alkyl halides is 3. The molecule has 26 heavy (non-hydrogen) atoms. The Labute approximate surface area is 147 Å². The predicted octanol–water partition coefficient (Wildman–Crippen LogP) is 4.59. The number of carbonyl (C=O) groups is 1. The maximum atomic E-state index is 12.6. The summed E-state index contributed by atoms with van der Waals surface area (Å²) in [6.45, 7) is 5.68. The summed E-state index contributed by atoms with van der Waals surface area (Å²) in [6.07, 6.45) is -2.84. The molecular weight excluding hydrogens is 345 g/mol. The molecule has 8 heteroatoms. The molecule has 136 valence electrons. The first-order valence-corrected chi connectivity index (χ1v) is 8.00. The Kier molecular flexibility index (Phi) is 4.43. The van der Waals surface area contributed by atoms with E-state index in [1.165, 1.54) is 12.1 Å². The van der Waals surface area contributed by atoms with Crippen molar-refractivity contribution >= 4 is 22.6 Å². The zero-order valence-electron chi connectivity index (χ0n) is 14.4. The highest BCUT2D eigenvalue weighted by atomic mass is 19.4. The minimum atomic E-state index is -4.41. The summed E-state index contributed by atoms with van der Waals surface area (Å²) in [4.78, 5) is 17.1. The zero-order valence-corrected chi connectivity index (χ0v) is 14.4. The molecular formula is C18H17F3N4O. The highest BCUT2D eigenvalue weighted by molar-refractivity contribution is 6.12. The van der Waals surface area contributed by atoms with Crippen molar-refractivity contribution in [2.75, 3.05) is 5.32 Å². The minimum absolute atomic E-state index is 0.0765. The van der Waals surface area contributed by atoms with Crippen molar-refractivity contribution in [2.24, 2.45) is 0 Å². The van der Waals surface area contributed by atoms with Crippen molar-refractivity contribution < 1.29 is 18.0 Å². The Hall–Kier alpha value is -2.90. The summed E-state index contributed by atoms with van der Waals surface area (Å²) in [5, 5.41) is 7.49. The number of hydrogen-bond donors (Lipinski definition) is 1. The van der Waals surface area contributed by atoms with Crippen LogP contribution in [0.2, 0.25) is 0 Å². The van der Waals surface area contributed by atoms with E-state index in [0.29, 0.717) is 22.3 Å². The lowest BCUT2D eigenvalue weighted by Crippen LogP contribution is -2.14. The molecule has 0 aliphatic heterocycles. The molecule has 2 heterocycles. The Balaban J connectivity index is 1.93. The van der Waals surface area contributed by atoms with Crippen LogP contribution in [-0.4, -0.2) is 20.7 Å².